The second kappa shape index (κ2) is 5.47. The zero-order chi connectivity index (χ0) is 8.65. The van der Waals surface area contributed by atoms with E-state index in [1.54, 1.807) is 12.4 Å². The molecule has 0 saturated carbocycles. The summed E-state index contributed by atoms with van der Waals surface area (Å²) in [5.74, 6) is 0.800. The van der Waals surface area contributed by atoms with E-state index in [1.807, 2.05) is 12.1 Å². The summed E-state index contributed by atoms with van der Waals surface area (Å²) in [6.45, 7) is 2.19. The first-order valence-corrected chi connectivity index (χ1v) is 4.37. The molecule has 2 heteroatoms. The number of rotatable bonds is 4. The van der Waals surface area contributed by atoms with Crippen molar-refractivity contribution in [1.29, 1.82) is 0 Å². The molecule has 1 aromatic heterocycles. The normalized spacial score (nSPS) is 10.8. The zero-order valence-corrected chi connectivity index (χ0v) is 7.40. The maximum atomic E-state index is 4.08. The Kier molecular flexibility index (Phi) is 4.06. The molecule has 0 aliphatic heterocycles. The lowest BCUT2D eigenvalue weighted by molar-refractivity contribution is 0.816. The van der Waals surface area contributed by atoms with Gasteiger partial charge in [-0.25, -0.2) is 9.97 Å². The molecule has 2 nitrogen and oxygen atoms in total. The van der Waals surface area contributed by atoms with E-state index >= 15 is 0 Å². The summed E-state index contributed by atoms with van der Waals surface area (Å²) < 4.78 is 0. The second-order valence-electron chi connectivity index (χ2n) is 2.65. The van der Waals surface area contributed by atoms with Crippen LogP contribution in [0.15, 0.2) is 24.5 Å². The number of unbranched alkanes of at least 4 members (excludes halogenated alkanes) is 2. The van der Waals surface area contributed by atoms with Gasteiger partial charge in [0, 0.05) is 12.4 Å². The van der Waals surface area contributed by atoms with E-state index in [0.717, 1.165) is 12.2 Å². The Hall–Kier alpha value is -1.18. The Morgan fingerprint density at radius 1 is 1.33 bits per heavy atom. The molecule has 0 saturated heterocycles. The van der Waals surface area contributed by atoms with Crippen molar-refractivity contribution in [2.24, 2.45) is 0 Å². The van der Waals surface area contributed by atoms with Crippen LogP contribution in [0.5, 0.6) is 0 Å². The van der Waals surface area contributed by atoms with Gasteiger partial charge in [-0.15, -0.1) is 0 Å². The van der Waals surface area contributed by atoms with Gasteiger partial charge >= 0.3 is 0 Å². The Morgan fingerprint density at radius 2 is 2.08 bits per heavy atom. The average molecular weight is 162 g/mol. The Bertz CT molecular complexity index is 229. The van der Waals surface area contributed by atoms with Crippen LogP contribution in [-0.4, -0.2) is 9.97 Å². The first-order chi connectivity index (χ1) is 5.93. The standard InChI is InChI=1S/C10H14N2/c1-2-3-4-5-7-10-11-8-6-9-12-10/h5-9H,2-4H2,1H3/b7-5+. The van der Waals surface area contributed by atoms with Gasteiger partial charge in [-0.1, -0.05) is 25.8 Å². The SMILES string of the molecule is CCCC/C=C/c1ncccn1. The molecule has 1 aromatic rings. The van der Waals surface area contributed by atoms with Gasteiger partial charge in [0.2, 0.25) is 0 Å². The summed E-state index contributed by atoms with van der Waals surface area (Å²) in [5.41, 5.74) is 0. The third-order valence-corrected chi connectivity index (χ3v) is 1.58. The molecule has 64 valence electrons. The fourth-order valence-corrected chi connectivity index (χ4v) is 0.907. The fraction of sp³-hybridized carbons (Fsp3) is 0.400. The molecule has 0 aliphatic rings. The molecule has 0 unspecified atom stereocenters. The highest BCUT2D eigenvalue weighted by atomic mass is 14.8. The third kappa shape index (κ3) is 3.28. The van der Waals surface area contributed by atoms with Gasteiger partial charge in [0.15, 0.2) is 5.82 Å². The second-order valence-corrected chi connectivity index (χ2v) is 2.65. The summed E-state index contributed by atoms with van der Waals surface area (Å²) in [6, 6.07) is 1.82. The minimum absolute atomic E-state index is 0.800. The van der Waals surface area contributed by atoms with E-state index < -0.39 is 0 Å². The largest absolute Gasteiger partial charge is 0.237 e. The van der Waals surface area contributed by atoms with Crippen LogP contribution < -0.4 is 0 Å². The molecular formula is C10H14N2. The van der Waals surface area contributed by atoms with E-state index in [2.05, 4.69) is 23.0 Å². The van der Waals surface area contributed by atoms with Gasteiger partial charge in [-0.05, 0) is 18.6 Å². The van der Waals surface area contributed by atoms with E-state index in [9.17, 15) is 0 Å². The number of hydrogen-bond donors (Lipinski definition) is 0. The molecule has 0 amide bonds. The van der Waals surface area contributed by atoms with Gasteiger partial charge in [-0.2, -0.15) is 0 Å². The van der Waals surface area contributed by atoms with E-state index in [-0.39, 0.29) is 0 Å². The van der Waals surface area contributed by atoms with Crippen molar-refractivity contribution in [3.8, 4) is 0 Å². The molecule has 0 aliphatic carbocycles. The van der Waals surface area contributed by atoms with Gasteiger partial charge in [0.25, 0.3) is 0 Å². The fourth-order valence-electron chi connectivity index (χ4n) is 0.907. The Labute approximate surface area is 73.4 Å². The van der Waals surface area contributed by atoms with Gasteiger partial charge in [-0.3, -0.25) is 0 Å². The van der Waals surface area contributed by atoms with Crippen LogP contribution >= 0.6 is 0 Å². The molecule has 1 rings (SSSR count). The monoisotopic (exact) mass is 162 g/mol. The number of aromatic nitrogens is 2. The minimum Gasteiger partial charge on any atom is -0.237 e. The molecule has 12 heavy (non-hydrogen) atoms. The maximum absolute atomic E-state index is 4.08. The lowest BCUT2D eigenvalue weighted by atomic mass is 10.2. The highest BCUT2D eigenvalue weighted by Gasteiger charge is 1.84. The van der Waals surface area contributed by atoms with Crippen molar-refractivity contribution in [2.75, 3.05) is 0 Å². The van der Waals surface area contributed by atoms with Crippen molar-refractivity contribution in [2.45, 2.75) is 26.2 Å². The maximum Gasteiger partial charge on any atom is 0.151 e. The highest BCUT2D eigenvalue weighted by molar-refractivity contribution is 5.38. The Morgan fingerprint density at radius 3 is 2.75 bits per heavy atom. The van der Waals surface area contributed by atoms with Crippen LogP contribution in [0.2, 0.25) is 0 Å². The molecule has 0 fully saturated rings. The summed E-state index contributed by atoms with van der Waals surface area (Å²) in [5, 5.41) is 0. The van der Waals surface area contributed by atoms with Crippen LogP contribution in [0.3, 0.4) is 0 Å². The van der Waals surface area contributed by atoms with Crippen LogP contribution in [0.25, 0.3) is 6.08 Å². The molecule has 0 spiro atoms. The van der Waals surface area contributed by atoms with Gasteiger partial charge in [0.1, 0.15) is 0 Å². The van der Waals surface area contributed by atoms with Crippen LogP contribution in [0, 0.1) is 0 Å². The molecule has 0 radical (unpaired) electrons. The molecule has 1 heterocycles. The first-order valence-electron chi connectivity index (χ1n) is 4.37. The summed E-state index contributed by atoms with van der Waals surface area (Å²) in [6.07, 6.45) is 11.2. The van der Waals surface area contributed by atoms with E-state index in [0.29, 0.717) is 0 Å². The van der Waals surface area contributed by atoms with Crippen molar-refractivity contribution in [1.82, 2.24) is 9.97 Å². The first kappa shape index (κ1) is 8.91. The number of nitrogens with zero attached hydrogens (tertiary/aromatic N) is 2. The van der Waals surface area contributed by atoms with Crippen molar-refractivity contribution >= 4 is 6.08 Å². The van der Waals surface area contributed by atoms with Crippen molar-refractivity contribution in [3.05, 3.63) is 30.4 Å². The molecule has 0 aromatic carbocycles. The van der Waals surface area contributed by atoms with E-state index in [4.69, 9.17) is 0 Å². The van der Waals surface area contributed by atoms with Crippen LogP contribution in [-0.2, 0) is 0 Å². The average Bonchev–Trinajstić information content (AvgIpc) is 2.14. The predicted molar refractivity (Wildman–Crippen MR) is 50.6 cm³/mol. The smallest absolute Gasteiger partial charge is 0.151 e. The van der Waals surface area contributed by atoms with Crippen molar-refractivity contribution < 1.29 is 0 Å². The highest BCUT2D eigenvalue weighted by Crippen LogP contribution is 1.98. The number of allylic oxidation sites excluding steroid dienone is 1. The lowest BCUT2D eigenvalue weighted by Gasteiger charge is -1.89. The van der Waals surface area contributed by atoms with Crippen LogP contribution in [0.4, 0.5) is 0 Å². The lowest BCUT2D eigenvalue weighted by Crippen LogP contribution is -1.82. The Balaban J connectivity index is 2.36. The molecule has 0 bridgehead atoms. The summed E-state index contributed by atoms with van der Waals surface area (Å²) >= 11 is 0. The zero-order valence-electron chi connectivity index (χ0n) is 7.40. The summed E-state index contributed by atoms with van der Waals surface area (Å²) in [7, 11) is 0. The van der Waals surface area contributed by atoms with Gasteiger partial charge in [0.05, 0.1) is 0 Å². The van der Waals surface area contributed by atoms with Gasteiger partial charge < -0.3 is 0 Å². The minimum atomic E-state index is 0.800. The van der Waals surface area contributed by atoms with Crippen molar-refractivity contribution in [3.63, 3.8) is 0 Å². The molecule has 0 N–H and O–H groups in total. The molecule has 0 atom stereocenters. The quantitative estimate of drug-likeness (QED) is 0.636. The predicted octanol–water partition coefficient (Wildman–Crippen LogP) is 2.68. The molecular weight excluding hydrogens is 148 g/mol. The topological polar surface area (TPSA) is 25.8 Å². The van der Waals surface area contributed by atoms with Crippen LogP contribution in [0.1, 0.15) is 32.0 Å². The summed E-state index contributed by atoms with van der Waals surface area (Å²) in [4.78, 5) is 8.16. The third-order valence-electron chi connectivity index (χ3n) is 1.58. The number of hydrogen-bond acceptors (Lipinski definition) is 2. The van der Waals surface area contributed by atoms with E-state index in [1.165, 1.54) is 12.8 Å².